The van der Waals surface area contributed by atoms with E-state index in [-0.39, 0.29) is 5.91 Å². The summed E-state index contributed by atoms with van der Waals surface area (Å²) < 4.78 is 3.69. The second-order valence-corrected chi connectivity index (χ2v) is 7.53. The summed E-state index contributed by atoms with van der Waals surface area (Å²) in [5, 5.41) is 7.41. The van der Waals surface area contributed by atoms with Gasteiger partial charge in [-0.1, -0.05) is 18.2 Å². The highest BCUT2D eigenvalue weighted by atomic mass is 16.2. The highest BCUT2D eigenvalue weighted by molar-refractivity contribution is 6.03. The summed E-state index contributed by atoms with van der Waals surface area (Å²) in [5.74, 6) is 0.579. The van der Waals surface area contributed by atoms with E-state index in [1.54, 1.807) is 23.1 Å². The Morgan fingerprint density at radius 1 is 0.903 bits per heavy atom. The number of benzene rings is 1. The van der Waals surface area contributed by atoms with E-state index in [9.17, 15) is 4.79 Å². The average Bonchev–Trinajstić information content (AvgIpc) is 3.43. The SMILES string of the molecule is Cc1ccc(NC(=O)c2ccnn2-c2ccc3ccc(-c4cccnc4)cn23)cc1C. The molecular weight excluding hydrogens is 386 g/mol. The lowest BCUT2D eigenvalue weighted by Crippen LogP contribution is -2.17. The number of rotatable bonds is 4. The molecule has 1 amide bonds. The zero-order valence-corrected chi connectivity index (χ0v) is 17.3. The normalized spacial score (nSPS) is 11.0. The molecule has 0 saturated heterocycles. The summed E-state index contributed by atoms with van der Waals surface area (Å²) in [6.07, 6.45) is 7.27. The largest absolute Gasteiger partial charge is 0.321 e. The monoisotopic (exact) mass is 407 g/mol. The zero-order chi connectivity index (χ0) is 21.4. The summed E-state index contributed by atoms with van der Waals surface area (Å²) in [5.41, 5.74) is 6.62. The fourth-order valence-corrected chi connectivity index (χ4v) is 3.64. The van der Waals surface area contributed by atoms with Gasteiger partial charge in [0, 0.05) is 35.4 Å². The highest BCUT2D eigenvalue weighted by Gasteiger charge is 2.16. The molecule has 0 aliphatic rings. The van der Waals surface area contributed by atoms with Gasteiger partial charge in [-0.25, -0.2) is 4.68 Å². The first-order valence-electron chi connectivity index (χ1n) is 10.0. The minimum Gasteiger partial charge on any atom is -0.321 e. The lowest BCUT2D eigenvalue weighted by Gasteiger charge is -2.11. The number of amides is 1. The molecule has 0 spiro atoms. The number of fused-ring (bicyclic) bond motifs is 1. The Hall–Kier alpha value is -4.19. The van der Waals surface area contributed by atoms with E-state index in [4.69, 9.17) is 0 Å². The smallest absolute Gasteiger partial charge is 0.274 e. The summed E-state index contributed by atoms with van der Waals surface area (Å²) in [6.45, 7) is 4.08. The number of pyridine rings is 2. The Morgan fingerprint density at radius 3 is 2.58 bits per heavy atom. The van der Waals surface area contributed by atoms with Gasteiger partial charge in [0.2, 0.25) is 0 Å². The lowest BCUT2D eigenvalue weighted by atomic mass is 10.1. The van der Waals surface area contributed by atoms with Gasteiger partial charge in [0.1, 0.15) is 11.5 Å². The number of aryl methyl sites for hydroxylation is 2. The average molecular weight is 407 g/mol. The summed E-state index contributed by atoms with van der Waals surface area (Å²) >= 11 is 0. The number of nitrogens with zero attached hydrogens (tertiary/aromatic N) is 4. The van der Waals surface area contributed by atoms with Crippen LogP contribution in [-0.2, 0) is 0 Å². The maximum absolute atomic E-state index is 13.0. The Kier molecular flexibility index (Phi) is 4.59. The number of hydrogen-bond acceptors (Lipinski definition) is 3. The van der Waals surface area contributed by atoms with Crippen molar-refractivity contribution in [3.63, 3.8) is 0 Å². The van der Waals surface area contributed by atoms with Gasteiger partial charge < -0.3 is 9.72 Å². The standard InChI is InChI=1S/C25H21N5O/c1-17-5-7-21(14-18(17)2)28-25(31)23-11-13-27-30(23)24-10-9-22-8-6-20(16-29(22)24)19-4-3-12-26-15-19/h3-16H,1-2H3,(H,28,31). The fraction of sp³-hybridized carbons (Fsp3) is 0.0800. The summed E-state index contributed by atoms with van der Waals surface area (Å²) in [6, 6.07) is 19.6. The highest BCUT2D eigenvalue weighted by Crippen LogP contribution is 2.23. The van der Waals surface area contributed by atoms with Crippen molar-refractivity contribution in [3.8, 4) is 16.9 Å². The molecule has 0 fully saturated rings. The van der Waals surface area contributed by atoms with Gasteiger partial charge in [-0.15, -0.1) is 0 Å². The van der Waals surface area contributed by atoms with Crippen molar-refractivity contribution >= 4 is 17.1 Å². The molecule has 31 heavy (non-hydrogen) atoms. The molecular formula is C25H21N5O. The van der Waals surface area contributed by atoms with Crippen LogP contribution in [0.4, 0.5) is 5.69 Å². The molecule has 0 atom stereocenters. The van der Waals surface area contributed by atoms with Gasteiger partial charge in [0.15, 0.2) is 0 Å². The van der Waals surface area contributed by atoms with Gasteiger partial charge in [0.25, 0.3) is 5.91 Å². The van der Waals surface area contributed by atoms with Gasteiger partial charge in [-0.05, 0) is 73.0 Å². The minimum absolute atomic E-state index is 0.209. The molecule has 1 aromatic carbocycles. The Labute approximate surface area is 179 Å². The third kappa shape index (κ3) is 3.48. The number of nitrogens with one attached hydrogen (secondary N) is 1. The lowest BCUT2D eigenvalue weighted by molar-refractivity contribution is 0.101. The molecule has 0 unspecified atom stereocenters. The molecule has 5 rings (SSSR count). The van der Waals surface area contributed by atoms with Crippen LogP contribution in [0, 0.1) is 13.8 Å². The Bertz CT molecular complexity index is 1400. The molecule has 4 aromatic heterocycles. The predicted molar refractivity (Wildman–Crippen MR) is 122 cm³/mol. The van der Waals surface area contributed by atoms with Gasteiger partial charge in [0.05, 0.1) is 6.20 Å². The second kappa shape index (κ2) is 7.57. The Morgan fingerprint density at radius 2 is 1.77 bits per heavy atom. The molecule has 0 aliphatic carbocycles. The third-order valence-corrected chi connectivity index (χ3v) is 5.48. The van der Waals surface area contributed by atoms with E-state index < -0.39 is 0 Å². The quantitative estimate of drug-likeness (QED) is 0.453. The zero-order valence-electron chi connectivity index (χ0n) is 17.3. The van der Waals surface area contributed by atoms with Crippen molar-refractivity contribution in [1.82, 2.24) is 19.2 Å². The van der Waals surface area contributed by atoms with Crippen LogP contribution >= 0.6 is 0 Å². The maximum Gasteiger partial charge on any atom is 0.274 e. The first kappa shape index (κ1) is 18.8. The van der Waals surface area contributed by atoms with Gasteiger partial charge in [-0.3, -0.25) is 9.78 Å². The molecule has 0 radical (unpaired) electrons. The molecule has 152 valence electrons. The van der Waals surface area contributed by atoms with Crippen LogP contribution in [0.5, 0.6) is 0 Å². The van der Waals surface area contributed by atoms with Crippen LogP contribution < -0.4 is 5.32 Å². The molecule has 4 heterocycles. The van der Waals surface area contributed by atoms with Crippen LogP contribution in [0.1, 0.15) is 21.6 Å². The van der Waals surface area contributed by atoms with Crippen molar-refractivity contribution < 1.29 is 4.79 Å². The maximum atomic E-state index is 13.0. The van der Waals surface area contributed by atoms with Crippen molar-refractivity contribution in [3.05, 3.63) is 102 Å². The first-order chi connectivity index (χ1) is 15.1. The topological polar surface area (TPSA) is 64.2 Å². The van der Waals surface area contributed by atoms with Crippen LogP contribution in [0.2, 0.25) is 0 Å². The number of carbonyl (C=O) groups is 1. The molecule has 0 aliphatic heterocycles. The van der Waals surface area contributed by atoms with Crippen LogP contribution in [-0.4, -0.2) is 25.1 Å². The van der Waals surface area contributed by atoms with E-state index >= 15 is 0 Å². The van der Waals surface area contributed by atoms with E-state index in [1.165, 1.54) is 5.56 Å². The second-order valence-electron chi connectivity index (χ2n) is 7.53. The van der Waals surface area contributed by atoms with Crippen molar-refractivity contribution in [2.24, 2.45) is 0 Å². The van der Waals surface area contributed by atoms with Crippen molar-refractivity contribution in [1.29, 1.82) is 0 Å². The summed E-state index contributed by atoms with van der Waals surface area (Å²) in [7, 11) is 0. The van der Waals surface area contributed by atoms with Crippen LogP contribution in [0.15, 0.2) is 85.5 Å². The molecule has 1 N–H and O–H groups in total. The molecule has 0 bridgehead atoms. The van der Waals surface area contributed by atoms with E-state index in [2.05, 4.69) is 21.5 Å². The number of aromatic nitrogens is 4. The number of hydrogen-bond donors (Lipinski definition) is 1. The van der Waals surface area contributed by atoms with Crippen molar-refractivity contribution in [2.45, 2.75) is 13.8 Å². The van der Waals surface area contributed by atoms with Crippen LogP contribution in [0.3, 0.4) is 0 Å². The summed E-state index contributed by atoms with van der Waals surface area (Å²) in [4.78, 5) is 17.2. The Balaban J connectivity index is 1.52. The molecule has 6 heteroatoms. The van der Waals surface area contributed by atoms with Crippen molar-refractivity contribution in [2.75, 3.05) is 5.32 Å². The number of anilines is 1. The van der Waals surface area contributed by atoms with E-state index in [0.717, 1.165) is 33.7 Å². The van der Waals surface area contributed by atoms with Crippen LogP contribution in [0.25, 0.3) is 22.5 Å². The molecule has 5 aromatic rings. The predicted octanol–water partition coefficient (Wildman–Crippen LogP) is 5.06. The first-order valence-corrected chi connectivity index (χ1v) is 10.0. The fourth-order valence-electron chi connectivity index (χ4n) is 3.64. The molecule has 6 nitrogen and oxygen atoms in total. The van der Waals surface area contributed by atoms with Gasteiger partial charge in [-0.2, -0.15) is 5.10 Å². The van der Waals surface area contributed by atoms with E-state index in [1.807, 2.05) is 79.2 Å². The van der Waals surface area contributed by atoms with E-state index in [0.29, 0.717) is 5.69 Å². The number of carbonyl (C=O) groups excluding carboxylic acids is 1. The minimum atomic E-state index is -0.209. The third-order valence-electron chi connectivity index (χ3n) is 5.48. The molecule has 0 saturated carbocycles. The van der Waals surface area contributed by atoms with Gasteiger partial charge >= 0.3 is 0 Å².